The van der Waals surface area contributed by atoms with Crippen molar-refractivity contribution < 1.29 is 0 Å². The summed E-state index contributed by atoms with van der Waals surface area (Å²) in [6.45, 7) is 0. The maximum Gasteiger partial charge on any atom is 0.0677 e. The summed E-state index contributed by atoms with van der Waals surface area (Å²) in [5, 5.41) is 4.61. The Morgan fingerprint density at radius 3 is 2.29 bits per heavy atom. The molecule has 2 aliphatic heterocycles. The molecule has 3 heteroatoms. The third-order valence-electron chi connectivity index (χ3n) is 6.48. The summed E-state index contributed by atoms with van der Waals surface area (Å²) in [4.78, 5) is 0. The molecule has 5 rings (SSSR count). The van der Waals surface area contributed by atoms with Crippen LogP contribution in [0.2, 0.25) is 0 Å². The van der Waals surface area contributed by atoms with Crippen molar-refractivity contribution in [3.05, 3.63) is 22.3 Å². The van der Waals surface area contributed by atoms with Gasteiger partial charge in [0.05, 0.1) is 5.54 Å². The van der Waals surface area contributed by atoms with Crippen molar-refractivity contribution in [3.63, 3.8) is 0 Å². The zero-order valence-corrected chi connectivity index (χ0v) is 14.1. The Hall–Kier alpha value is -0.330. The third kappa shape index (κ3) is 1.72. The zero-order chi connectivity index (χ0) is 13.9. The molecule has 21 heavy (non-hydrogen) atoms. The summed E-state index contributed by atoms with van der Waals surface area (Å²) >= 11 is 0. The van der Waals surface area contributed by atoms with Crippen LogP contribution >= 0.6 is 8.73 Å². The van der Waals surface area contributed by atoms with E-state index in [0.717, 1.165) is 8.73 Å². The Kier molecular flexibility index (Phi) is 3.02. The summed E-state index contributed by atoms with van der Waals surface area (Å²) in [5.74, 6) is 0. The highest BCUT2D eigenvalue weighted by Gasteiger charge is 2.54. The van der Waals surface area contributed by atoms with Gasteiger partial charge in [0, 0.05) is 20.1 Å². The third-order valence-corrected chi connectivity index (χ3v) is 8.13. The van der Waals surface area contributed by atoms with Gasteiger partial charge >= 0.3 is 0 Å². The molecule has 5 aliphatic rings. The molecule has 1 spiro atoms. The molecule has 1 fully saturated rings. The number of nitrogens with zero attached hydrogens (tertiary/aromatic N) is 2. The Bertz CT molecular complexity index is 527. The van der Waals surface area contributed by atoms with Gasteiger partial charge in [0.2, 0.25) is 0 Å². The topological polar surface area (TPSA) is 6.48 Å². The fourth-order valence-corrected chi connectivity index (χ4v) is 7.34. The van der Waals surface area contributed by atoms with Crippen LogP contribution in [0.15, 0.2) is 22.3 Å². The summed E-state index contributed by atoms with van der Waals surface area (Å²) < 4.78 is 2.89. The predicted octanol–water partition coefficient (Wildman–Crippen LogP) is 5.44. The molecule has 114 valence electrons. The molecule has 1 unspecified atom stereocenters. The van der Waals surface area contributed by atoms with E-state index >= 15 is 0 Å². The van der Waals surface area contributed by atoms with Gasteiger partial charge in [-0.3, -0.25) is 5.01 Å². The Balaban J connectivity index is 1.62. The molecular weight excluding hydrogens is 275 g/mol. The minimum absolute atomic E-state index is 0.462. The molecule has 1 saturated carbocycles. The first-order valence-electron chi connectivity index (χ1n) is 9.22. The first kappa shape index (κ1) is 13.1. The molecular formula is C18H27N2P. The molecule has 1 atom stereocenters. The van der Waals surface area contributed by atoms with Gasteiger partial charge in [0.15, 0.2) is 0 Å². The predicted molar refractivity (Wildman–Crippen MR) is 88.8 cm³/mol. The van der Waals surface area contributed by atoms with Crippen LogP contribution in [0.25, 0.3) is 0 Å². The average molecular weight is 302 g/mol. The SMILES string of the molecule is C1CCC2(CC1)C1=C(CCCC1)N1C3=C(CCCC3)PN12. The summed E-state index contributed by atoms with van der Waals surface area (Å²) in [7, 11) is 0.977. The van der Waals surface area contributed by atoms with E-state index in [1.807, 2.05) is 10.9 Å². The van der Waals surface area contributed by atoms with E-state index in [1.165, 1.54) is 83.5 Å². The molecule has 0 amide bonds. The standard InChI is InChI=1S/C18H27N2P/c1-6-12-18(13-7-1)14-8-2-3-9-15(14)19-16-10-4-5-11-17(16)21-20(18)19/h21H,1-13H2. The summed E-state index contributed by atoms with van der Waals surface area (Å²) in [5.41, 5.74) is 5.86. The van der Waals surface area contributed by atoms with Gasteiger partial charge in [-0.05, 0) is 75.1 Å². The van der Waals surface area contributed by atoms with Gasteiger partial charge < -0.3 is 0 Å². The lowest BCUT2D eigenvalue weighted by Gasteiger charge is -2.43. The van der Waals surface area contributed by atoms with Gasteiger partial charge in [-0.25, -0.2) is 0 Å². The van der Waals surface area contributed by atoms with Crippen LogP contribution in [0.3, 0.4) is 0 Å². The highest BCUT2D eigenvalue weighted by molar-refractivity contribution is 7.40. The highest BCUT2D eigenvalue weighted by atomic mass is 31.1. The van der Waals surface area contributed by atoms with Gasteiger partial charge in [0.25, 0.3) is 0 Å². The van der Waals surface area contributed by atoms with Crippen LogP contribution in [0.1, 0.15) is 83.5 Å². The number of allylic oxidation sites excluding steroid dienone is 3. The number of rotatable bonds is 0. The molecule has 0 aromatic rings. The molecule has 0 saturated heterocycles. The fourth-order valence-electron chi connectivity index (χ4n) is 5.53. The average Bonchev–Trinajstić information content (AvgIpc) is 3.05. The molecule has 2 heterocycles. The second-order valence-electron chi connectivity index (χ2n) is 7.59. The van der Waals surface area contributed by atoms with Crippen molar-refractivity contribution in [1.29, 1.82) is 0 Å². The number of fused-ring (bicyclic) bond motifs is 5. The van der Waals surface area contributed by atoms with Crippen molar-refractivity contribution in [2.24, 2.45) is 0 Å². The Morgan fingerprint density at radius 1 is 0.714 bits per heavy atom. The molecule has 0 N–H and O–H groups in total. The lowest BCUT2D eigenvalue weighted by atomic mass is 9.73. The van der Waals surface area contributed by atoms with Crippen LogP contribution in [0, 0.1) is 0 Å². The van der Waals surface area contributed by atoms with Crippen LogP contribution in [0.5, 0.6) is 0 Å². The van der Waals surface area contributed by atoms with Crippen LogP contribution in [-0.2, 0) is 0 Å². The number of hydrogen-bond donors (Lipinski definition) is 0. The molecule has 2 nitrogen and oxygen atoms in total. The quantitative estimate of drug-likeness (QED) is 0.549. The maximum atomic E-state index is 2.89. The van der Waals surface area contributed by atoms with Crippen molar-refractivity contribution >= 4 is 8.73 Å². The van der Waals surface area contributed by atoms with E-state index < -0.39 is 0 Å². The molecule has 0 aromatic heterocycles. The molecule has 0 radical (unpaired) electrons. The molecule has 0 bridgehead atoms. The van der Waals surface area contributed by atoms with Gasteiger partial charge in [0.1, 0.15) is 0 Å². The normalized spacial score (nSPS) is 32.9. The van der Waals surface area contributed by atoms with Crippen LogP contribution in [0.4, 0.5) is 0 Å². The highest BCUT2D eigenvalue weighted by Crippen LogP contribution is 2.63. The minimum Gasteiger partial charge on any atom is -0.278 e. The summed E-state index contributed by atoms with van der Waals surface area (Å²) in [6.07, 6.45) is 18.5. The van der Waals surface area contributed by atoms with Crippen LogP contribution in [-0.4, -0.2) is 15.3 Å². The van der Waals surface area contributed by atoms with E-state index in [4.69, 9.17) is 0 Å². The van der Waals surface area contributed by atoms with E-state index in [9.17, 15) is 0 Å². The molecule has 3 aliphatic carbocycles. The number of hydrazine groups is 1. The monoisotopic (exact) mass is 302 g/mol. The Morgan fingerprint density at radius 2 is 1.43 bits per heavy atom. The van der Waals surface area contributed by atoms with Crippen molar-refractivity contribution in [2.75, 3.05) is 0 Å². The van der Waals surface area contributed by atoms with E-state index in [2.05, 4.69) is 9.79 Å². The first-order valence-corrected chi connectivity index (χ1v) is 10.2. The largest absolute Gasteiger partial charge is 0.278 e. The Labute approximate surface area is 130 Å². The van der Waals surface area contributed by atoms with E-state index in [0.29, 0.717) is 5.54 Å². The number of hydrogen-bond acceptors (Lipinski definition) is 2. The molecule has 0 aromatic carbocycles. The van der Waals surface area contributed by atoms with Gasteiger partial charge in [-0.1, -0.05) is 19.3 Å². The second-order valence-corrected chi connectivity index (χ2v) is 8.84. The van der Waals surface area contributed by atoms with Gasteiger partial charge in [-0.2, -0.15) is 4.78 Å². The van der Waals surface area contributed by atoms with Crippen molar-refractivity contribution in [2.45, 2.75) is 89.0 Å². The van der Waals surface area contributed by atoms with E-state index in [-0.39, 0.29) is 0 Å². The second kappa shape index (κ2) is 4.83. The minimum atomic E-state index is 0.462. The maximum absolute atomic E-state index is 2.89. The zero-order valence-electron chi connectivity index (χ0n) is 13.1. The van der Waals surface area contributed by atoms with Crippen LogP contribution < -0.4 is 0 Å². The van der Waals surface area contributed by atoms with Crippen molar-refractivity contribution in [1.82, 2.24) is 9.79 Å². The van der Waals surface area contributed by atoms with Crippen molar-refractivity contribution in [3.8, 4) is 0 Å². The fraction of sp³-hybridized carbons (Fsp3) is 0.778. The summed E-state index contributed by atoms with van der Waals surface area (Å²) in [6, 6.07) is 0. The van der Waals surface area contributed by atoms with Gasteiger partial charge in [-0.15, -0.1) is 0 Å². The van der Waals surface area contributed by atoms with E-state index in [1.54, 1.807) is 11.4 Å². The lowest BCUT2D eigenvalue weighted by molar-refractivity contribution is 0.0637. The lowest BCUT2D eigenvalue weighted by Crippen LogP contribution is -2.46. The first-order chi connectivity index (χ1) is 10.4. The smallest absolute Gasteiger partial charge is 0.0677 e.